The molecule has 4 heterocycles. The first kappa shape index (κ1) is 31.9. The molecule has 0 aliphatic heterocycles. The zero-order valence-electron chi connectivity index (χ0n) is 30.4. The fraction of sp³-hybridized carbons (Fsp3) is 0. The van der Waals surface area contributed by atoms with Crippen LogP contribution in [0.5, 0.6) is 0 Å². The molecule has 4 aromatic heterocycles. The third-order valence-electron chi connectivity index (χ3n) is 11.1. The van der Waals surface area contributed by atoms with E-state index in [0.29, 0.717) is 17.5 Å². The number of fused-ring (bicyclic) bond motifs is 10. The Morgan fingerprint density at radius 1 is 0.386 bits per heavy atom. The van der Waals surface area contributed by atoms with E-state index in [0.717, 1.165) is 66.5 Å². The van der Waals surface area contributed by atoms with Crippen LogP contribution in [0, 0.1) is 0 Å². The molecule has 0 aliphatic rings. The molecule has 0 atom stereocenters. The Balaban J connectivity index is 1.08. The molecule has 0 N–H and O–H groups in total. The van der Waals surface area contributed by atoms with E-state index in [1.54, 1.807) is 0 Å². The summed E-state index contributed by atoms with van der Waals surface area (Å²) in [4.78, 5) is 15.6. The van der Waals surface area contributed by atoms with Gasteiger partial charge in [-0.25, -0.2) is 15.0 Å². The minimum absolute atomic E-state index is 0.577. The van der Waals surface area contributed by atoms with Crippen molar-refractivity contribution in [1.82, 2.24) is 19.5 Å². The summed E-state index contributed by atoms with van der Waals surface area (Å²) in [6, 6.07) is 63.6. The molecule has 5 nitrogen and oxygen atoms in total. The van der Waals surface area contributed by atoms with Crippen LogP contribution in [0.2, 0.25) is 0 Å². The lowest BCUT2D eigenvalue weighted by molar-refractivity contribution is 0.669. The molecule has 0 saturated heterocycles. The number of nitrogens with zero attached hydrogens (tertiary/aromatic N) is 4. The molecule has 8 aromatic carbocycles. The van der Waals surface area contributed by atoms with Crippen molar-refractivity contribution in [3.63, 3.8) is 0 Å². The van der Waals surface area contributed by atoms with E-state index < -0.39 is 0 Å². The van der Waals surface area contributed by atoms with Crippen LogP contribution in [0.15, 0.2) is 186 Å². The number of thiophene rings is 1. The number of benzene rings is 8. The van der Waals surface area contributed by atoms with Crippen LogP contribution in [0.3, 0.4) is 0 Å². The van der Waals surface area contributed by atoms with Crippen molar-refractivity contribution in [3.8, 4) is 51.0 Å². The van der Waals surface area contributed by atoms with Gasteiger partial charge in [-0.15, -0.1) is 11.3 Å². The number of aromatic nitrogens is 4. The lowest BCUT2D eigenvalue weighted by atomic mass is 9.99. The van der Waals surface area contributed by atoms with Crippen molar-refractivity contribution in [2.45, 2.75) is 0 Å². The highest BCUT2D eigenvalue weighted by Gasteiger charge is 2.22. The molecule has 0 aliphatic carbocycles. The molecule has 0 saturated carbocycles. The average Bonchev–Trinajstić information content (AvgIpc) is 3.96. The second-order valence-corrected chi connectivity index (χ2v) is 15.4. The molecule has 6 heteroatoms. The van der Waals surface area contributed by atoms with Gasteiger partial charge in [0.15, 0.2) is 17.5 Å². The summed E-state index contributed by atoms with van der Waals surface area (Å²) in [5.74, 6) is 1.78. The van der Waals surface area contributed by atoms with Gasteiger partial charge in [-0.05, 0) is 65.7 Å². The first-order valence-corrected chi connectivity index (χ1v) is 19.8. The minimum Gasteiger partial charge on any atom is -0.456 e. The molecular weight excluding hydrogens is 717 g/mol. The van der Waals surface area contributed by atoms with Crippen molar-refractivity contribution in [1.29, 1.82) is 0 Å². The molecule has 0 spiro atoms. The third-order valence-corrected chi connectivity index (χ3v) is 12.2. The number of rotatable bonds is 5. The van der Waals surface area contributed by atoms with Crippen LogP contribution in [0.4, 0.5) is 0 Å². The molecule has 0 unspecified atom stereocenters. The predicted molar refractivity (Wildman–Crippen MR) is 236 cm³/mol. The van der Waals surface area contributed by atoms with Gasteiger partial charge in [-0.3, -0.25) is 0 Å². The normalized spacial score (nSPS) is 11.9. The summed E-state index contributed by atoms with van der Waals surface area (Å²) in [5.41, 5.74) is 9.87. The summed E-state index contributed by atoms with van der Waals surface area (Å²) in [5, 5.41) is 7.20. The highest BCUT2D eigenvalue weighted by Crippen LogP contribution is 2.44. The van der Waals surface area contributed by atoms with E-state index in [2.05, 4.69) is 144 Å². The lowest BCUT2D eigenvalue weighted by Gasteiger charge is -2.14. The van der Waals surface area contributed by atoms with Crippen LogP contribution in [0.1, 0.15) is 0 Å². The molecule has 266 valence electrons. The second-order valence-electron chi connectivity index (χ2n) is 14.3. The van der Waals surface area contributed by atoms with E-state index in [4.69, 9.17) is 19.4 Å². The van der Waals surface area contributed by atoms with E-state index >= 15 is 0 Å². The maximum atomic E-state index is 6.53. The zero-order valence-corrected chi connectivity index (χ0v) is 31.2. The van der Waals surface area contributed by atoms with E-state index in [1.807, 2.05) is 53.8 Å². The second kappa shape index (κ2) is 12.6. The van der Waals surface area contributed by atoms with Crippen molar-refractivity contribution in [2.75, 3.05) is 0 Å². The van der Waals surface area contributed by atoms with Crippen LogP contribution in [-0.2, 0) is 0 Å². The van der Waals surface area contributed by atoms with Gasteiger partial charge < -0.3 is 8.98 Å². The Kier molecular flexibility index (Phi) is 7.03. The Hall–Kier alpha value is -7.41. The monoisotopic (exact) mass is 746 g/mol. The number of hydrogen-bond acceptors (Lipinski definition) is 5. The van der Waals surface area contributed by atoms with E-state index in [-0.39, 0.29) is 0 Å². The maximum Gasteiger partial charge on any atom is 0.166 e. The third kappa shape index (κ3) is 4.98. The predicted octanol–water partition coefficient (Wildman–Crippen LogP) is 13.9. The average molecular weight is 747 g/mol. The summed E-state index contributed by atoms with van der Waals surface area (Å²) in [6.45, 7) is 0. The van der Waals surface area contributed by atoms with Gasteiger partial charge in [0, 0.05) is 58.4 Å². The quantitative estimate of drug-likeness (QED) is 0.176. The minimum atomic E-state index is 0.577. The van der Waals surface area contributed by atoms with Gasteiger partial charge in [0.1, 0.15) is 11.2 Å². The first-order chi connectivity index (χ1) is 28.3. The van der Waals surface area contributed by atoms with Crippen LogP contribution < -0.4 is 0 Å². The van der Waals surface area contributed by atoms with Gasteiger partial charge in [-0.2, -0.15) is 0 Å². The van der Waals surface area contributed by atoms with E-state index in [1.165, 1.54) is 30.9 Å². The van der Waals surface area contributed by atoms with Crippen LogP contribution >= 0.6 is 11.3 Å². The Morgan fingerprint density at radius 3 is 1.93 bits per heavy atom. The van der Waals surface area contributed by atoms with Crippen molar-refractivity contribution >= 4 is 75.3 Å². The molecule has 0 fully saturated rings. The Labute approximate surface area is 330 Å². The van der Waals surface area contributed by atoms with Gasteiger partial charge in [0.05, 0.1) is 16.7 Å². The SMILES string of the molecule is c1ccc(-c2nc(-c3ccc4c(c3)oc3cccc(-c5ccccc5)c34)nc(-c3ccccc3-n3c4ccccc4c4c5c(ccc43)sc3ccccc35)n2)cc1. The standard InChI is InChI=1S/C51H30N4OS/c1-3-14-31(15-4-1)34-21-13-24-42-46(34)37-27-26-33(30-43(37)56-42)50-52-49(32-16-5-2-6-17-32)53-51(54-50)36-19-8-11-23-40(36)55-39-22-10-7-18-35(39)47-41(55)28-29-45-48(47)38-20-9-12-25-44(38)57-45/h1-30H. The van der Waals surface area contributed by atoms with Crippen molar-refractivity contribution < 1.29 is 4.42 Å². The summed E-state index contributed by atoms with van der Waals surface area (Å²) < 4.78 is 11.5. The fourth-order valence-corrected chi connectivity index (χ4v) is 9.67. The summed E-state index contributed by atoms with van der Waals surface area (Å²) in [7, 11) is 0. The van der Waals surface area contributed by atoms with Gasteiger partial charge in [0.2, 0.25) is 0 Å². The molecule has 57 heavy (non-hydrogen) atoms. The highest BCUT2D eigenvalue weighted by molar-refractivity contribution is 7.26. The molecular formula is C51H30N4OS. The van der Waals surface area contributed by atoms with Gasteiger partial charge in [0.25, 0.3) is 0 Å². The summed E-state index contributed by atoms with van der Waals surface area (Å²) in [6.07, 6.45) is 0. The maximum absolute atomic E-state index is 6.53. The summed E-state index contributed by atoms with van der Waals surface area (Å²) >= 11 is 1.85. The zero-order chi connectivity index (χ0) is 37.5. The molecule has 0 radical (unpaired) electrons. The topological polar surface area (TPSA) is 56.7 Å². The molecule has 0 amide bonds. The number of para-hydroxylation sites is 2. The molecule has 12 aromatic rings. The fourth-order valence-electron chi connectivity index (χ4n) is 8.56. The highest BCUT2D eigenvalue weighted by atomic mass is 32.1. The Bertz CT molecular complexity index is 3530. The van der Waals surface area contributed by atoms with Crippen LogP contribution in [0.25, 0.3) is 115 Å². The first-order valence-electron chi connectivity index (χ1n) is 19.0. The van der Waals surface area contributed by atoms with Crippen molar-refractivity contribution in [3.05, 3.63) is 182 Å². The van der Waals surface area contributed by atoms with Crippen LogP contribution in [-0.4, -0.2) is 19.5 Å². The van der Waals surface area contributed by atoms with Gasteiger partial charge >= 0.3 is 0 Å². The number of hydrogen-bond donors (Lipinski definition) is 0. The molecule has 0 bridgehead atoms. The lowest BCUT2D eigenvalue weighted by Crippen LogP contribution is -2.03. The molecule has 12 rings (SSSR count). The van der Waals surface area contributed by atoms with E-state index in [9.17, 15) is 0 Å². The smallest absolute Gasteiger partial charge is 0.166 e. The largest absolute Gasteiger partial charge is 0.456 e. The van der Waals surface area contributed by atoms with Gasteiger partial charge in [-0.1, -0.05) is 127 Å². The number of furan rings is 1. The Morgan fingerprint density at radius 2 is 1.07 bits per heavy atom. The van der Waals surface area contributed by atoms with Crippen molar-refractivity contribution in [2.24, 2.45) is 0 Å².